The van der Waals surface area contributed by atoms with Gasteiger partial charge in [-0.05, 0) is 17.3 Å². The predicted octanol–water partition coefficient (Wildman–Crippen LogP) is -0.450. The normalized spacial score (nSPS) is 12.9. The van der Waals surface area contributed by atoms with Crippen molar-refractivity contribution in [3.8, 4) is 0 Å². The number of tetrazole rings is 1. The minimum absolute atomic E-state index is 0.135. The van der Waals surface area contributed by atoms with Gasteiger partial charge in [0.05, 0.1) is 19.4 Å². The Labute approximate surface area is 86.2 Å². The largest absolute Gasteiger partial charge is 0.468 e. The fourth-order valence-corrected chi connectivity index (χ4v) is 1.32. The molecule has 0 saturated carbocycles. The zero-order valence-electron chi connectivity index (χ0n) is 8.29. The zero-order chi connectivity index (χ0) is 10.7. The molecule has 0 aromatic carbocycles. The molecule has 1 unspecified atom stereocenters. The fraction of sp³-hybridized carbons (Fsp3) is 0.375. The van der Waals surface area contributed by atoms with Crippen molar-refractivity contribution in [2.75, 3.05) is 0 Å². The molecule has 15 heavy (non-hydrogen) atoms. The van der Waals surface area contributed by atoms with E-state index in [4.69, 9.17) is 10.3 Å². The molecule has 80 valence electrons. The monoisotopic (exact) mass is 208 g/mol. The lowest BCUT2D eigenvalue weighted by Gasteiger charge is -2.09. The van der Waals surface area contributed by atoms with Gasteiger partial charge in [0, 0.05) is 6.42 Å². The average molecular weight is 208 g/mol. The zero-order valence-corrected chi connectivity index (χ0v) is 8.29. The molecule has 0 aliphatic rings. The Bertz CT molecular complexity index is 408. The molecule has 0 aliphatic carbocycles. The predicted molar refractivity (Wildman–Crippen MR) is 51.3 cm³/mol. The Hall–Kier alpha value is -1.73. The second kappa shape index (κ2) is 4.20. The van der Waals surface area contributed by atoms with Gasteiger partial charge in [-0.15, -0.1) is 10.2 Å². The van der Waals surface area contributed by atoms with Gasteiger partial charge in [-0.2, -0.15) is 4.80 Å². The second-order valence-electron chi connectivity index (χ2n) is 3.13. The fourth-order valence-electron chi connectivity index (χ4n) is 1.32. The molecule has 0 saturated heterocycles. The molecule has 3 N–H and O–H groups in total. The van der Waals surface area contributed by atoms with E-state index in [0.29, 0.717) is 12.2 Å². The van der Waals surface area contributed by atoms with Crippen LogP contribution in [0.5, 0.6) is 0 Å². The first-order valence-corrected chi connectivity index (χ1v) is 4.52. The Kier molecular flexibility index (Phi) is 2.75. The van der Waals surface area contributed by atoms with Crippen LogP contribution in [-0.4, -0.2) is 20.2 Å². The molecule has 2 aromatic rings. The van der Waals surface area contributed by atoms with Crippen molar-refractivity contribution >= 4 is 0 Å². The maximum atomic E-state index is 5.43. The van der Waals surface area contributed by atoms with Gasteiger partial charge in [0.2, 0.25) is 0 Å². The van der Waals surface area contributed by atoms with Crippen molar-refractivity contribution in [1.29, 1.82) is 0 Å². The van der Waals surface area contributed by atoms with Crippen molar-refractivity contribution in [3.05, 3.63) is 30.0 Å². The van der Waals surface area contributed by atoms with Gasteiger partial charge in [0.25, 0.3) is 0 Å². The summed E-state index contributed by atoms with van der Waals surface area (Å²) >= 11 is 0. The molecule has 2 heterocycles. The van der Waals surface area contributed by atoms with Crippen LogP contribution in [0.25, 0.3) is 0 Å². The van der Waals surface area contributed by atoms with Crippen LogP contribution in [0.15, 0.2) is 22.8 Å². The van der Waals surface area contributed by atoms with E-state index in [-0.39, 0.29) is 6.04 Å². The van der Waals surface area contributed by atoms with E-state index >= 15 is 0 Å². The Morgan fingerprint density at radius 2 is 2.53 bits per heavy atom. The minimum atomic E-state index is -0.135. The maximum absolute atomic E-state index is 5.43. The lowest BCUT2D eigenvalue weighted by molar-refractivity contribution is 0.411. The van der Waals surface area contributed by atoms with E-state index in [0.717, 1.165) is 5.76 Å². The van der Waals surface area contributed by atoms with Crippen LogP contribution in [0.2, 0.25) is 0 Å². The number of hydrogen-bond donors (Lipinski definition) is 2. The summed E-state index contributed by atoms with van der Waals surface area (Å²) in [5, 5.41) is 11.7. The standard InChI is InChI=1S/C8H12N6O/c1-14-12-8(11-13-14)5-6(10-9)7-3-2-4-15-7/h2-4,6,10H,5,9H2,1H3. The molecule has 0 bridgehead atoms. The molecule has 2 aromatic heterocycles. The Balaban J connectivity index is 2.09. The molecular weight excluding hydrogens is 196 g/mol. The van der Waals surface area contributed by atoms with Gasteiger partial charge in [-0.1, -0.05) is 0 Å². The minimum Gasteiger partial charge on any atom is -0.468 e. The number of nitrogens with zero attached hydrogens (tertiary/aromatic N) is 4. The van der Waals surface area contributed by atoms with Crippen molar-refractivity contribution in [2.45, 2.75) is 12.5 Å². The third kappa shape index (κ3) is 2.20. The molecule has 0 amide bonds. The lowest BCUT2D eigenvalue weighted by Crippen LogP contribution is -2.29. The van der Waals surface area contributed by atoms with Gasteiger partial charge in [-0.25, -0.2) is 5.43 Å². The molecule has 0 fully saturated rings. The van der Waals surface area contributed by atoms with E-state index in [9.17, 15) is 0 Å². The van der Waals surface area contributed by atoms with Gasteiger partial charge < -0.3 is 4.42 Å². The third-order valence-electron chi connectivity index (χ3n) is 2.02. The first-order chi connectivity index (χ1) is 7.29. The molecule has 0 radical (unpaired) electrons. The van der Waals surface area contributed by atoms with Gasteiger partial charge in [0.15, 0.2) is 5.82 Å². The summed E-state index contributed by atoms with van der Waals surface area (Å²) in [6, 6.07) is 3.52. The van der Waals surface area contributed by atoms with E-state index in [2.05, 4.69) is 20.8 Å². The summed E-state index contributed by atoms with van der Waals surface area (Å²) in [4.78, 5) is 1.41. The Morgan fingerprint density at radius 3 is 3.07 bits per heavy atom. The highest BCUT2D eigenvalue weighted by Crippen LogP contribution is 2.15. The summed E-state index contributed by atoms with van der Waals surface area (Å²) in [7, 11) is 1.72. The van der Waals surface area contributed by atoms with Gasteiger partial charge in [-0.3, -0.25) is 5.84 Å². The number of aryl methyl sites for hydroxylation is 1. The van der Waals surface area contributed by atoms with Crippen LogP contribution < -0.4 is 11.3 Å². The number of nitrogens with one attached hydrogen (secondary N) is 1. The van der Waals surface area contributed by atoms with Crippen LogP contribution in [-0.2, 0) is 13.5 Å². The first kappa shape index (κ1) is 9.81. The van der Waals surface area contributed by atoms with Gasteiger partial charge in [0.1, 0.15) is 5.76 Å². The highest BCUT2D eigenvalue weighted by Gasteiger charge is 2.15. The molecule has 2 rings (SSSR count). The molecule has 0 aliphatic heterocycles. The number of hydrogen-bond acceptors (Lipinski definition) is 6. The average Bonchev–Trinajstić information content (AvgIpc) is 2.85. The van der Waals surface area contributed by atoms with E-state index < -0.39 is 0 Å². The highest BCUT2D eigenvalue weighted by molar-refractivity contribution is 5.06. The summed E-state index contributed by atoms with van der Waals surface area (Å²) in [5.41, 5.74) is 2.65. The topological polar surface area (TPSA) is 94.8 Å². The molecule has 7 heteroatoms. The summed E-state index contributed by atoms with van der Waals surface area (Å²) in [6.45, 7) is 0. The number of furan rings is 1. The third-order valence-corrected chi connectivity index (χ3v) is 2.02. The summed E-state index contributed by atoms with van der Waals surface area (Å²) in [6.07, 6.45) is 2.14. The van der Waals surface area contributed by atoms with Crippen molar-refractivity contribution in [2.24, 2.45) is 12.9 Å². The highest BCUT2D eigenvalue weighted by atomic mass is 16.3. The van der Waals surface area contributed by atoms with Crippen molar-refractivity contribution in [3.63, 3.8) is 0 Å². The van der Waals surface area contributed by atoms with E-state index in [1.807, 2.05) is 12.1 Å². The van der Waals surface area contributed by atoms with Crippen LogP contribution in [0, 0.1) is 0 Å². The van der Waals surface area contributed by atoms with E-state index in [1.165, 1.54) is 4.80 Å². The summed E-state index contributed by atoms with van der Waals surface area (Å²) < 4.78 is 5.24. The number of rotatable bonds is 4. The number of hydrazine groups is 1. The first-order valence-electron chi connectivity index (χ1n) is 4.52. The molecule has 0 spiro atoms. The number of nitrogens with two attached hydrogens (primary N) is 1. The van der Waals surface area contributed by atoms with Crippen LogP contribution in [0.1, 0.15) is 17.6 Å². The second-order valence-corrected chi connectivity index (χ2v) is 3.13. The maximum Gasteiger partial charge on any atom is 0.176 e. The molecule has 1 atom stereocenters. The van der Waals surface area contributed by atoms with Crippen LogP contribution in [0.4, 0.5) is 0 Å². The number of aromatic nitrogens is 4. The quantitative estimate of drug-likeness (QED) is 0.522. The van der Waals surface area contributed by atoms with E-state index in [1.54, 1.807) is 13.3 Å². The van der Waals surface area contributed by atoms with Crippen molar-refractivity contribution < 1.29 is 4.42 Å². The van der Waals surface area contributed by atoms with Crippen molar-refractivity contribution in [1.82, 2.24) is 25.6 Å². The molecular formula is C8H12N6O. The lowest BCUT2D eigenvalue weighted by atomic mass is 10.1. The SMILES string of the molecule is Cn1nnc(CC(NN)c2ccco2)n1. The van der Waals surface area contributed by atoms with Gasteiger partial charge >= 0.3 is 0 Å². The smallest absolute Gasteiger partial charge is 0.176 e. The molecule has 7 nitrogen and oxygen atoms in total. The van der Waals surface area contributed by atoms with Crippen LogP contribution in [0.3, 0.4) is 0 Å². The summed E-state index contributed by atoms with van der Waals surface area (Å²) in [5.74, 6) is 6.80. The Morgan fingerprint density at radius 1 is 1.67 bits per heavy atom. The van der Waals surface area contributed by atoms with Crippen LogP contribution >= 0.6 is 0 Å².